The van der Waals surface area contributed by atoms with E-state index in [1.807, 2.05) is 22.9 Å². The Labute approximate surface area is 139 Å². The molecule has 1 amide bonds. The topological polar surface area (TPSA) is 76.4 Å². The Hall–Kier alpha value is -3.12. The highest BCUT2D eigenvalue weighted by Gasteiger charge is 2.07. The fraction of sp³-hybridized carbons (Fsp3) is 0.111. The highest BCUT2D eigenvalue weighted by atomic mass is 16.5. The van der Waals surface area contributed by atoms with E-state index < -0.39 is 0 Å². The molecule has 0 atom stereocenters. The predicted molar refractivity (Wildman–Crippen MR) is 90.5 cm³/mol. The SMILES string of the molecule is O=C(Nc1ccc(OCCO)cc1)c1cccc(-n2ccnc2)c1. The van der Waals surface area contributed by atoms with Crippen molar-refractivity contribution in [3.63, 3.8) is 0 Å². The van der Waals surface area contributed by atoms with Gasteiger partial charge in [-0.05, 0) is 42.5 Å². The fourth-order valence-electron chi connectivity index (χ4n) is 2.22. The van der Waals surface area contributed by atoms with E-state index in [9.17, 15) is 4.79 Å². The van der Waals surface area contributed by atoms with Gasteiger partial charge in [-0.3, -0.25) is 4.79 Å². The number of hydrogen-bond acceptors (Lipinski definition) is 4. The Morgan fingerprint density at radius 1 is 1.21 bits per heavy atom. The third-order valence-corrected chi connectivity index (χ3v) is 3.38. The standard InChI is InChI=1S/C18H17N3O3/c22-10-11-24-17-6-4-15(5-7-17)20-18(23)14-2-1-3-16(12-14)21-9-8-19-13-21/h1-9,12-13,22H,10-11H2,(H,20,23). The fourth-order valence-corrected chi connectivity index (χ4v) is 2.22. The van der Waals surface area contributed by atoms with Gasteiger partial charge in [-0.25, -0.2) is 4.98 Å². The Morgan fingerprint density at radius 2 is 2.04 bits per heavy atom. The minimum atomic E-state index is -0.194. The molecule has 0 radical (unpaired) electrons. The summed E-state index contributed by atoms with van der Waals surface area (Å²) in [5, 5.41) is 11.6. The van der Waals surface area contributed by atoms with Crippen molar-refractivity contribution >= 4 is 11.6 Å². The quantitative estimate of drug-likeness (QED) is 0.731. The molecule has 0 aliphatic heterocycles. The lowest BCUT2D eigenvalue weighted by molar-refractivity contribution is 0.102. The molecule has 3 aromatic rings. The van der Waals surface area contributed by atoms with Gasteiger partial charge in [0.2, 0.25) is 0 Å². The van der Waals surface area contributed by atoms with E-state index in [0.29, 0.717) is 17.0 Å². The molecule has 0 aliphatic carbocycles. The van der Waals surface area contributed by atoms with Crippen LogP contribution in [-0.4, -0.2) is 33.8 Å². The first-order valence-corrected chi connectivity index (χ1v) is 7.50. The van der Waals surface area contributed by atoms with E-state index in [1.54, 1.807) is 48.9 Å². The zero-order valence-corrected chi connectivity index (χ0v) is 12.9. The molecule has 0 unspecified atom stereocenters. The minimum Gasteiger partial charge on any atom is -0.491 e. The first-order chi connectivity index (χ1) is 11.8. The number of amides is 1. The van der Waals surface area contributed by atoms with E-state index in [1.165, 1.54) is 0 Å². The van der Waals surface area contributed by atoms with E-state index in [0.717, 1.165) is 5.69 Å². The number of anilines is 1. The molecule has 0 spiro atoms. The number of aromatic nitrogens is 2. The summed E-state index contributed by atoms with van der Waals surface area (Å²) in [5.41, 5.74) is 2.10. The number of ether oxygens (including phenoxy) is 1. The molecule has 0 saturated heterocycles. The second kappa shape index (κ2) is 7.43. The van der Waals surface area contributed by atoms with Crippen LogP contribution in [0.2, 0.25) is 0 Å². The maximum absolute atomic E-state index is 12.4. The Morgan fingerprint density at radius 3 is 2.75 bits per heavy atom. The molecule has 6 nitrogen and oxygen atoms in total. The van der Waals surface area contributed by atoms with E-state index >= 15 is 0 Å². The molecule has 24 heavy (non-hydrogen) atoms. The zero-order valence-electron chi connectivity index (χ0n) is 12.9. The molecular weight excluding hydrogens is 306 g/mol. The smallest absolute Gasteiger partial charge is 0.255 e. The van der Waals surface area contributed by atoms with Crippen LogP contribution in [0.5, 0.6) is 5.75 Å². The molecule has 0 fully saturated rings. The predicted octanol–water partition coefficient (Wildman–Crippen LogP) is 2.50. The van der Waals surface area contributed by atoms with Crippen molar-refractivity contribution in [2.45, 2.75) is 0 Å². The van der Waals surface area contributed by atoms with Gasteiger partial charge in [-0.1, -0.05) is 6.07 Å². The molecule has 3 rings (SSSR count). The van der Waals surface area contributed by atoms with Crippen LogP contribution in [0, 0.1) is 0 Å². The van der Waals surface area contributed by atoms with Gasteiger partial charge in [0.05, 0.1) is 12.9 Å². The lowest BCUT2D eigenvalue weighted by Gasteiger charge is -2.09. The molecule has 0 saturated carbocycles. The van der Waals surface area contributed by atoms with Crippen molar-refractivity contribution in [3.8, 4) is 11.4 Å². The minimum absolute atomic E-state index is 0.0360. The molecule has 0 bridgehead atoms. The van der Waals surface area contributed by atoms with Gasteiger partial charge in [0.25, 0.3) is 5.91 Å². The summed E-state index contributed by atoms with van der Waals surface area (Å²) in [6.45, 7) is 0.207. The maximum atomic E-state index is 12.4. The highest BCUT2D eigenvalue weighted by molar-refractivity contribution is 6.04. The number of nitrogens with zero attached hydrogens (tertiary/aromatic N) is 2. The molecule has 1 heterocycles. The Bertz CT molecular complexity index is 799. The van der Waals surface area contributed by atoms with Gasteiger partial charge >= 0.3 is 0 Å². The van der Waals surface area contributed by atoms with Crippen LogP contribution >= 0.6 is 0 Å². The average Bonchev–Trinajstić information content (AvgIpc) is 3.16. The molecular formula is C18H17N3O3. The molecule has 122 valence electrons. The average molecular weight is 323 g/mol. The third kappa shape index (κ3) is 3.80. The lowest BCUT2D eigenvalue weighted by Crippen LogP contribution is -2.12. The van der Waals surface area contributed by atoms with Gasteiger partial charge < -0.3 is 19.7 Å². The first kappa shape index (κ1) is 15.8. The van der Waals surface area contributed by atoms with Gasteiger partial charge in [0, 0.05) is 29.3 Å². The largest absolute Gasteiger partial charge is 0.491 e. The molecule has 2 aromatic carbocycles. The van der Waals surface area contributed by atoms with Crippen molar-refractivity contribution in [2.24, 2.45) is 0 Å². The van der Waals surface area contributed by atoms with Crippen molar-refractivity contribution in [1.29, 1.82) is 0 Å². The van der Waals surface area contributed by atoms with Crippen LogP contribution in [0.15, 0.2) is 67.3 Å². The molecule has 1 aromatic heterocycles. The summed E-state index contributed by atoms with van der Waals surface area (Å²) in [4.78, 5) is 16.4. The Kier molecular flexibility index (Phi) is 4.88. The second-order valence-electron chi connectivity index (χ2n) is 5.07. The third-order valence-electron chi connectivity index (χ3n) is 3.38. The number of hydrogen-bond donors (Lipinski definition) is 2. The number of carbonyl (C=O) groups is 1. The number of imidazole rings is 1. The summed E-state index contributed by atoms with van der Waals surface area (Å²) < 4.78 is 7.12. The van der Waals surface area contributed by atoms with Crippen molar-refractivity contribution in [3.05, 3.63) is 72.8 Å². The van der Waals surface area contributed by atoms with Crippen molar-refractivity contribution in [2.75, 3.05) is 18.5 Å². The van der Waals surface area contributed by atoms with E-state index in [-0.39, 0.29) is 19.1 Å². The van der Waals surface area contributed by atoms with Crippen molar-refractivity contribution in [1.82, 2.24) is 9.55 Å². The van der Waals surface area contributed by atoms with Crippen LogP contribution in [0.1, 0.15) is 10.4 Å². The summed E-state index contributed by atoms with van der Waals surface area (Å²) in [6.07, 6.45) is 5.19. The molecule has 6 heteroatoms. The van der Waals surface area contributed by atoms with Gasteiger partial charge in [-0.2, -0.15) is 0 Å². The molecule has 0 aliphatic rings. The van der Waals surface area contributed by atoms with E-state index in [2.05, 4.69) is 10.3 Å². The van der Waals surface area contributed by atoms with Gasteiger partial charge in [-0.15, -0.1) is 0 Å². The van der Waals surface area contributed by atoms with Gasteiger partial charge in [0.1, 0.15) is 12.4 Å². The number of rotatable bonds is 6. The summed E-state index contributed by atoms with van der Waals surface area (Å²) in [6, 6.07) is 14.3. The number of aliphatic hydroxyl groups is 1. The van der Waals surface area contributed by atoms with Crippen LogP contribution in [0.3, 0.4) is 0 Å². The van der Waals surface area contributed by atoms with Gasteiger partial charge in [0.15, 0.2) is 0 Å². The number of benzene rings is 2. The normalized spacial score (nSPS) is 10.4. The second-order valence-corrected chi connectivity index (χ2v) is 5.07. The zero-order chi connectivity index (χ0) is 16.8. The van der Waals surface area contributed by atoms with Crippen LogP contribution in [0.4, 0.5) is 5.69 Å². The number of carbonyl (C=O) groups excluding carboxylic acids is 1. The maximum Gasteiger partial charge on any atom is 0.255 e. The molecule has 2 N–H and O–H groups in total. The Balaban J connectivity index is 1.70. The number of aliphatic hydroxyl groups excluding tert-OH is 1. The number of nitrogens with one attached hydrogen (secondary N) is 1. The monoisotopic (exact) mass is 323 g/mol. The summed E-state index contributed by atoms with van der Waals surface area (Å²) >= 11 is 0. The van der Waals surface area contributed by atoms with Crippen LogP contribution in [-0.2, 0) is 0 Å². The van der Waals surface area contributed by atoms with Crippen LogP contribution < -0.4 is 10.1 Å². The van der Waals surface area contributed by atoms with Crippen LogP contribution in [0.25, 0.3) is 5.69 Å². The van der Waals surface area contributed by atoms with E-state index in [4.69, 9.17) is 9.84 Å². The highest BCUT2D eigenvalue weighted by Crippen LogP contribution is 2.17. The summed E-state index contributed by atoms with van der Waals surface area (Å²) in [5.74, 6) is 0.449. The summed E-state index contributed by atoms with van der Waals surface area (Å²) in [7, 11) is 0. The lowest BCUT2D eigenvalue weighted by atomic mass is 10.2. The first-order valence-electron chi connectivity index (χ1n) is 7.50. The van der Waals surface area contributed by atoms with Crippen molar-refractivity contribution < 1.29 is 14.6 Å².